The van der Waals surface area contributed by atoms with Crippen LogP contribution in [-0.2, 0) is 11.3 Å². The zero-order chi connectivity index (χ0) is 14.7. The molecule has 1 saturated heterocycles. The van der Waals surface area contributed by atoms with Gasteiger partial charge in [-0.25, -0.2) is 0 Å². The maximum Gasteiger partial charge on any atom is 0.191 e. The van der Waals surface area contributed by atoms with Gasteiger partial charge in [0.1, 0.15) is 0 Å². The molecule has 3 rings (SSSR count). The number of hydrogen-bond donors (Lipinski definition) is 1. The summed E-state index contributed by atoms with van der Waals surface area (Å²) in [5, 5.41) is 0. The monoisotopic (exact) mass is 288 g/mol. The largest absolute Gasteiger partial charge is 0.383 e. The molecule has 5 nitrogen and oxygen atoms in total. The lowest BCUT2D eigenvalue weighted by Crippen LogP contribution is -2.54. The fourth-order valence-electron chi connectivity index (χ4n) is 3.44. The highest BCUT2D eigenvalue weighted by molar-refractivity contribution is 5.81. The second-order valence-corrected chi connectivity index (χ2v) is 5.99. The summed E-state index contributed by atoms with van der Waals surface area (Å²) in [6.45, 7) is 5.45. The van der Waals surface area contributed by atoms with Crippen molar-refractivity contribution in [2.24, 2.45) is 10.7 Å². The van der Waals surface area contributed by atoms with Crippen molar-refractivity contribution in [2.75, 3.05) is 39.9 Å². The van der Waals surface area contributed by atoms with Crippen LogP contribution in [0.1, 0.15) is 12.0 Å². The van der Waals surface area contributed by atoms with E-state index < -0.39 is 0 Å². The summed E-state index contributed by atoms with van der Waals surface area (Å²) in [4.78, 5) is 9.24. The third-order valence-corrected chi connectivity index (χ3v) is 4.56. The summed E-state index contributed by atoms with van der Waals surface area (Å²) < 4.78 is 5.21. The standard InChI is InChI=1S/C16H24N4O/c1-21-10-9-20-15(17)18-12-16(20)7-8-19(13-16)11-14-5-3-2-4-6-14/h2-6H,7-13H2,1H3,(H2,17,18). The summed E-state index contributed by atoms with van der Waals surface area (Å²) in [6.07, 6.45) is 1.12. The maximum atomic E-state index is 6.07. The summed E-state index contributed by atoms with van der Waals surface area (Å²) in [5.41, 5.74) is 7.52. The van der Waals surface area contributed by atoms with Crippen molar-refractivity contribution in [1.82, 2.24) is 9.80 Å². The van der Waals surface area contributed by atoms with Gasteiger partial charge in [-0.1, -0.05) is 30.3 Å². The fourth-order valence-corrected chi connectivity index (χ4v) is 3.44. The highest BCUT2D eigenvalue weighted by Gasteiger charge is 2.46. The van der Waals surface area contributed by atoms with Crippen molar-refractivity contribution in [1.29, 1.82) is 0 Å². The first-order chi connectivity index (χ1) is 10.2. The molecule has 1 spiro atoms. The van der Waals surface area contributed by atoms with Crippen LogP contribution in [-0.4, -0.2) is 61.2 Å². The zero-order valence-electron chi connectivity index (χ0n) is 12.7. The van der Waals surface area contributed by atoms with E-state index in [9.17, 15) is 0 Å². The summed E-state index contributed by atoms with van der Waals surface area (Å²) in [5.74, 6) is 0.675. The van der Waals surface area contributed by atoms with Gasteiger partial charge in [-0.15, -0.1) is 0 Å². The van der Waals surface area contributed by atoms with E-state index >= 15 is 0 Å². The van der Waals surface area contributed by atoms with Crippen molar-refractivity contribution >= 4 is 5.96 Å². The van der Waals surface area contributed by atoms with Crippen LogP contribution in [0, 0.1) is 0 Å². The molecule has 0 bridgehead atoms. The predicted molar refractivity (Wildman–Crippen MR) is 84.1 cm³/mol. The molecule has 5 heteroatoms. The molecule has 0 saturated carbocycles. The van der Waals surface area contributed by atoms with Crippen LogP contribution in [0.15, 0.2) is 35.3 Å². The quantitative estimate of drug-likeness (QED) is 0.875. The molecule has 0 radical (unpaired) electrons. The zero-order valence-corrected chi connectivity index (χ0v) is 12.7. The Morgan fingerprint density at radius 3 is 2.90 bits per heavy atom. The third-order valence-electron chi connectivity index (χ3n) is 4.56. The van der Waals surface area contributed by atoms with Crippen LogP contribution in [0.25, 0.3) is 0 Å². The van der Waals surface area contributed by atoms with Gasteiger partial charge in [0.2, 0.25) is 0 Å². The number of rotatable bonds is 5. The molecule has 1 unspecified atom stereocenters. The summed E-state index contributed by atoms with van der Waals surface area (Å²) in [6, 6.07) is 10.6. The van der Waals surface area contributed by atoms with E-state index in [-0.39, 0.29) is 5.54 Å². The van der Waals surface area contributed by atoms with Gasteiger partial charge in [0.05, 0.1) is 18.7 Å². The van der Waals surface area contributed by atoms with E-state index in [1.807, 2.05) is 0 Å². The van der Waals surface area contributed by atoms with E-state index in [0.717, 1.165) is 39.1 Å². The van der Waals surface area contributed by atoms with Gasteiger partial charge in [0, 0.05) is 33.3 Å². The Balaban J connectivity index is 1.65. The Morgan fingerprint density at radius 2 is 2.14 bits per heavy atom. The topological polar surface area (TPSA) is 54.1 Å². The van der Waals surface area contributed by atoms with Crippen LogP contribution in [0.4, 0.5) is 0 Å². The lowest BCUT2D eigenvalue weighted by Gasteiger charge is -2.36. The van der Waals surface area contributed by atoms with Gasteiger partial charge in [0.15, 0.2) is 5.96 Å². The van der Waals surface area contributed by atoms with E-state index in [1.165, 1.54) is 5.56 Å². The normalized spacial score (nSPS) is 25.8. The molecular weight excluding hydrogens is 264 g/mol. The van der Waals surface area contributed by atoms with Crippen LogP contribution in [0.3, 0.4) is 0 Å². The third kappa shape index (κ3) is 2.89. The molecule has 0 amide bonds. The molecule has 2 aliphatic rings. The number of benzene rings is 1. The van der Waals surface area contributed by atoms with E-state index in [0.29, 0.717) is 12.6 Å². The minimum Gasteiger partial charge on any atom is -0.383 e. The number of hydrogen-bond acceptors (Lipinski definition) is 5. The molecular formula is C16H24N4O. The van der Waals surface area contributed by atoms with Crippen molar-refractivity contribution in [3.63, 3.8) is 0 Å². The lowest BCUT2D eigenvalue weighted by molar-refractivity contribution is 0.129. The molecule has 1 atom stereocenters. The smallest absolute Gasteiger partial charge is 0.191 e. The number of methoxy groups -OCH3 is 1. The molecule has 2 heterocycles. The first-order valence-electron chi connectivity index (χ1n) is 7.56. The molecule has 2 N–H and O–H groups in total. The summed E-state index contributed by atoms with van der Waals surface area (Å²) in [7, 11) is 1.73. The number of nitrogens with two attached hydrogens (primary N) is 1. The first-order valence-corrected chi connectivity index (χ1v) is 7.56. The molecule has 2 aliphatic heterocycles. The molecule has 0 aromatic heterocycles. The number of ether oxygens (including phenoxy) is 1. The van der Waals surface area contributed by atoms with Crippen molar-refractivity contribution < 1.29 is 4.74 Å². The molecule has 1 aromatic rings. The van der Waals surface area contributed by atoms with E-state index in [2.05, 4.69) is 45.1 Å². The van der Waals surface area contributed by atoms with E-state index in [1.54, 1.807) is 7.11 Å². The van der Waals surface area contributed by atoms with Crippen molar-refractivity contribution in [2.45, 2.75) is 18.5 Å². The molecule has 21 heavy (non-hydrogen) atoms. The van der Waals surface area contributed by atoms with Crippen LogP contribution in [0.5, 0.6) is 0 Å². The fraction of sp³-hybridized carbons (Fsp3) is 0.562. The van der Waals surface area contributed by atoms with Crippen molar-refractivity contribution in [3.05, 3.63) is 35.9 Å². The minimum absolute atomic E-state index is 0.0807. The Labute approximate surface area is 126 Å². The number of aliphatic imine (C=N–C) groups is 1. The molecule has 1 fully saturated rings. The predicted octanol–water partition coefficient (Wildman–Crippen LogP) is 0.908. The van der Waals surface area contributed by atoms with Gasteiger partial charge in [-0.05, 0) is 12.0 Å². The highest BCUT2D eigenvalue weighted by atomic mass is 16.5. The molecule has 114 valence electrons. The van der Waals surface area contributed by atoms with Gasteiger partial charge < -0.3 is 15.4 Å². The van der Waals surface area contributed by atoms with Crippen LogP contribution < -0.4 is 5.73 Å². The van der Waals surface area contributed by atoms with Crippen LogP contribution >= 0.6 is 0 Å². The summed E-state index contributed by atoms with van der Waals surface area (Å²) >= 11 is 0. The SMILES string of the molecule is COCCN1C(N)=NCC12CCN(Cc1ccccc1)C2. The van der Waals surface area contributed by atoms with Gasteiger partial charge in [-0.2, -0.15) is 0 Å². The Morgan fingerprint density at radius 1 is 1.33 bits per heavy atom. The van der Waals surface area contributed by atoms with E-state index in [4.69, 9.17) is 10.5 Å². The first kappa shape index (κ1) is 14.4. The number of likely N-dealkylation sites (tertiary alicyclic amines) is 1. The van der Waals surface area contributed by atoms with Crippen molar-refractivity contribution in [3.8, 4) is 0 Å². The minimum atomic E-state index is 0.0807. The molecule has 1 aromatic carbocycles. The average molecular weight is 288 g/mol. The Kier molecular flexibility index (Phi) is 4.12. The Bertz CT molecular complexity index is 504. The lowest BCUT2D eigenvalue weighted by atomic mass is 9.97. The number of guanidine groups is 1. The van der Waals surface area contributed by atoms with Crippen LogP contribution in [0.2, 0.25) is 0 Å². The highest BCUT2D eigenvalue weighted by Crippen LogP contribution is 2.32. The molecule has 0 aliphatic carbocycles. The van der Waals surface area contributed by atoms with Gasteiger partial charge in [0.25, 0.3) is 0 Å². The Hall–Kier alpha value is -1.59. The van der Waals surface area contributed by atoms with Gasteiger partial charge >= 0.3 is 0 Å². The number of nitrogens with zero attached hydrogens (tertiary/aromatic N) is 3. The maximum absolute atomic E-state index is 6.07. The second kappa shape index (κ2) is 6.03. The van der Waals surface area contributed by atoms with Gasteiger partial charge in [-0.3, -0.25) is 9.89 Å². The second-order valence-electron chi connectivity index (χ2n) is 5.99. The average Bonchev–Trinajstić information content (AvgIpc) is 3.04.